The Bertz CT molecular complexity index is 1140. The van der Waals surface area contributed by atoms with Crippen LogP contribution in [0.5, 0.6) is 0 Å². The predicted octanol–water partition coefficient (Wildman–Crippen LogP) is 2.36. The fourth-order valence-electron chi connectivity index (χ4n) is 3.88. The highest BCUT2D eigenvalue weighted by molar-refractivity contribution is 5.78. The molecule has 0 radical (unpaired) electrons. The molecule has 2 fully saturated rings. The van der Waals surface area contributed by atoms with Crippen LogP contribution in [0.4, 0.5) is 25.3 Å². The molecule has 168 valence electrons. The van der Waals surface area contributed by atoms with E-state index < -0.39 is 18.3 Å². The number of hydrogen-bond donors (Lipinski definition) is 2. The summed E-state index contributed by atoms with van der Waals surface area (Å²) in [5.41, 5.74) is 0.959. The maximum absolute atomic E-state index is 13.9. The first-order valence-electron chi connectivity index (χ1n) is 10.2. The van der Waals surface area contributed by atoms with Crippen molar-refractivity contribution in [2.45, 2.75) is 12.5 Å². The van der Waals surface area contributed by atoms with Crippen LogP contribution in [0.1, 0.15) is 12.2 Å². The molecule has 0 bridgehead atoms. The van der Waals surface area contributed by atoms with Crippen molar-refractivity contribution in [1.82, 2.24) is 24.4 Å². The lowest BCUT2D eigenvalue weighted by atomic mass is 10.1. The second-order valence-corrected chi connectivity index (χ2v) is 7.63. The summed E-state index contributed by atoms with van der Waals surface area (Å²) in [5.74, 6) is 0.692. The lowest BCUT2D eigenvalue weighted by Gasteiger charge is -2.37. The van der Waals surface area contributed by atoms with Crippen LogP contribution in [-0.2, 0) is 4.74 Å². The molecule has 0 saturated carbocycles. The molecule has 12 heteroatoms. The van der Waals surface area contributed by atoms with Gasteiger partial charge >= 0.3 is 6.09 Å². The fourth-order valence-corrected chi connectivity index (χ4v) is 3.88. The van der Waals surface area contributed by atoms with Gasteiger partial charge in [0.1, 0.15) is 11.6 Å². The molecule has 10 nitrogen and oxygen atoms in total. The summed E-state index contributed by atoms with van der Waals surface area (Å²) >= 11 is 0. The lowest BCUT2D eigenvalue weighted by molar-refractivity contribution is 0.111. The smallest absolute Gasteiger partial charge is 0.407 e. The molecular weight excluding hydrogens is 424 g/mol. The number of imidazole rings is 1. The number of alkyl halides is 2. The molecule has 3 aromatic rings. The van der Waals surface area contributed by atoms with E-state index >= 15 is 0 Å². The molecule has 1 aromatic carbocycles. The number of benzene rings is 1. The van der Waals surface area contributed by atoms with Gasteiger partial charge in [-0.25, -0.2) is 18.6 Å². The predicted molar refractivity (Wildman–Crippen MR) is 112 cm³/mol. The van der Waals surface area contributed by atoms with Gasteiger partial charge in [-0.3, -0.25) is 4.57 Å². The van der Waals surface area contributed by atoms with Crippen molar-refractivity contribution in [3.63, 3.8) is 0 Å². The van der Waals surface area contributed by atoms with E-state index in [-0.39, 0.29) is 11.9 Å². The SMILES string of the molecule is O=C(O)N1CC(Nc2cc(-n3c(C(F)F)nc4ccccc43)nc(N3CCOCC3)n2)C1. The summed E-state index contributed by atoms with van der Waals surface area (Å²) in [6.45, 7) is 2.82. The Balaban J connectivity index is 1.56. The number of fused-ring (bicyclic) bond motifs is 1. The van der Waals surface area contributed by atoms with Crippen molar-refractivity contribution in [3.8, 4) is 5.82 Å². The van der Waals surface area contributed by atoms with E-state index in [4.69, 9.17) is 9.84 Å². The third kappa shape index (κ3) is 3.77. The number of amides is 1. The average Bonchev–Trinajstić information content (AvgIpc) is 3.16. The van der Waals surface area contributed by atoms with E-state index in [9.17, 15) is 13.6 Å². The molecule has 4 heterocycles. The number of ether oxygens (including phenoxy) is 1. The molecule has 0 aliphatic carbocycles. The van der Waals surface area contributed by atoms with Gasteiger partial charge in [0.15, 0.2) is 5.82 Å². The number of nitrogens with zero attached hydrogens (tertiary/aromatic N) is 6. The molecule has 0 unspecified atom stereocenters. The lowest BCUT2D eigenvalue weighted by Crippen LogP contribution is -2.56. The van der Waals surface area contributed by atoms with Crippen LogP contribution in [0, 0.1) is 0 Å². The zero-order chi connectivity index (χ0) is 22.2. The number of para-hydroxylation sites is 2. The number of aromatic nitrogens is 4. The molecule has 1 amide bonds. The van der Waals surface area contributed by atoms with Gasteiger partial charge in [-0.05, 0) is 12.1 Å². The highest BCUT2D eigenvalue weighted by Crippen LogP contribution is 2.29. The van der Waals surface area contributed by atoms with Gasteiger partial charge < -0.3 is 25.0 Å². The molecule has 32 heavy (non-hydrogen) atoms. The first-order valence-corrected chi connectivity index (χ1v) is 10.2. The van der Waals surface area contributed by atoms with E-state index in [0.29, 0.717) is 62.2 Å². The van der Waals surface area contributed by atoms with Gasteiger partial charge in [0.25, 0.3) is 6.43 Å². The zero-order valence-corrected chi connectivity index (χ0v) is 17.0. The Hall–Kier alpha value is -3.54. The van der Waals surface area contributed by atoms with E-state index in [0.717, 1.165) is 0 Å². The quantitative estimate of drug-likeness (QED) is 0.616. The molecule has 2 aromatic heterocycles. The standard InChI is InChI=1S/C20H21F2N7O3/c21-17(22)18-24-13-3-1-2-4-14(13)29(18)16-9-15(23-12-10-28(11-12)20(30)31)25-19(26-16)27-5-7-32-8-6-27/h1-4,9,12,17H,5-8,10-11H2,(H,30,31)(H,23,25,26). The van der Waals surface area contributed by atoms with Crippen LogP contribution in [-0.4, -0.2) is 81.1 Å². The van der Waals surface area contributed by atoms with E-state index in [1.165, 1.54) is 9.47 Å². The summed E-state index contributed by atoms with van der Waals surface area (Å²) in [6.07, 6.45) is -3.77. The fraction of sp³-hybridized carbons (Fsp3) is 0.400. The minimum Gasteiger partial charge on any atom is -0.465 e. The Labute approximate surface area is 181 Å². The number of halogens is 2. The van der Waals surface area contributed by atoms with Crippen LogP contribution in [0.15, 0.2) is 30.3 Å². The highest BCUT2D eigenvalue weighted by Gasteiger charge is 2.31. The maximum Gasteiger partial charge on any atom is 0.407 e. The minimum atomic E-state index is -2.80. The van der Waals surface area contributed by atoms with Crippen LogP contribution in [0.3, 0.4) is 0 Å². The monoisotopic (exact) mass is 445 g/mol. The van der Waals surface area contributed by atoms with Crippen molar-refractivity contribution >= 4 is 28.9 Å². The molecular formula is C20H21F2N7O3. The summed E-state index contributed by atoms with van der Waals surface area (Å²) in [6, 6.07) is 8.36. The molecule has 2 N–H and O–H groups in total. The summed E-state index contributed by atoms with van der Waals surface area (Å²) in [5, 5.41) is 12.3. The Morgan fingerprint density at radius 1 is 1.16 bits per heavy atom. The van der Waals surface area contributed by atoms with Crippen molar-refractivity contribution < 1.29 is 23.4 Å². The highest BCUT2D eigenvalue weighted by atomic mass is 19.3. The summed E-state index contributed by atoms with van der Waals surface area (Å²) < 4.78 is 34.5. The number of nitrogens with one attached hydrogen (secondary N) is 1. The number of anilines is 2. The zero-order valence-electron chi connectivity index (χ0n) is 17.0. The van der Waals surface area contributed by atoms with E-state index in [1.807, 2.05) is 4.90 Å². The Kier molecular flexibility index (Phi) is 5.21. The molecule has 5 rings (SSSR count). The third-order valence-corrected chi connectivity index (χ3v) is 5.51. The van der Waals surface area contributed by atoms with E-state index in [1.54, 1.807) is 30.3 Å². The molecule has 2 saturated heterocycles. The van der Waals surface area contributed by atoms with Crippen LogP contribution in [0.2, 0.25) is 0 Å². The second-order valence-electron chi connectivity index (χ2n) is 7.63. The van der Waals surface area contributed by atoms with Crippen LogP contribution >= 0.6 is 0 Å². The minimum absolute atomic E-state index is 0.125. The van der Waals surface area contributed by atoms with Crippen LogP contribution < -0.4 is 10.2 Å². The van der Waals surface area contributed by atoms with Crippen molar-refractivity contribution in [2.75, 3.05) is 49.6 Å². The van der Waals surface area contributed by atoms with Gasteiger partial charge in [0.2, 0.25) is 5.95 Å². The van der Waals surface area contributed by atoms with E-state index in [2.05, 4.69) is 20.3 Å². The third-order valence-electron chi connectivity index (χ3n) is 5.51. The largest absolute Gasteiger partial charge is 0.465 e. The first-order chi connectivity index (χ1) is 15.5. The van der Waals surface area contributed by atoms with Gasteiger partial charge in [0.05, 0.1) is 30.3 Å². The average molecular weight is 445 g/mol. The summed E-state index contributed by atoms with van der Waals surface area (Å²) in [7, 11) is 0. The first kappa shape index (κ1) is 20.4. The number of carboxylic acid groups (broad SMARTS) is 1. The molecule has 0 atom stereocenters. The normalized spacial score (nSPS) is 17.1. The van der Waals surface area contributed by atoms with Gasteiger partial charge in [0, 0.05) is 32.2 Å². The molecule has 0 spiro atoms. The number of hydrogen-bond acceptors (Lipinski definition) is 7. The Morgan fingerprint density at radius 3 is 2.62 bits per heavy atom. The van der Waals surface area contributed by atoms with Gasteiger partial charge in [-0.2, -0.15) is 9.97 Å². The van der Waals surface area contributed by atoms with Gasteiger partial charge in [-0.15, -0.1) is 0 Å². The number of rotatable bonds is 5. The molecule has 2 aliphatic heterocycles. The maximum atomic E-state index is 13.9. The molecule has 2 aliphatic rings. The second kappa shape index (κ2) is 8.19. The number of morpholine rings is 1. The van der Waals surface area contributed by atoms with Crippen molar-refractivity contribution in [3.05, 3.63) is 36.2 Å². The Morgan fingerprint density at radius 2 is 1.91 bits per heavy atom. The number of likely N-dealkylation sites (tertiary alicyclic amines) is 1. The van der Waals surface area contributed by atoms with Crippen molar-refractivity contribution in [2.24, 2.45) is 0 Å². The van der Waals surface area contributed by atoms with Crippen molar-refractivity contribution in [1.29, 1.82) is 0 Å². The van der Waals surface area contributed by atoms with Crippen LogP contribution in [0.25, 0.3) is 16.9 Å². The van der Waals surface area contributed by atoms with Gasteiger partial charge in [-0.1, -0.05) is 12.1 Å². The number of carbonyl (C=O) groups is 1. The summed E-state index contributed by atoms with van der Waals surface area (Å²) in [4.78, 5) is 27.5. The topological polar surface area (TPSA) is 109 Å².